The molecule has 1 saturated heterocycles. The molecule has 31 heavy (non-hydrogen) atoms. The van der Waals surface area contributed by atoms with E-state index in [0.29, 0.717) is 22.8 Å². The second kappa shape index (κ2) is 7.80. The van der Waals surface area contributed by atoms with Crippen LogP contribution in [-0.4, -0.2) is 23.9 Å². The molecule has 2 heterocycles. The third kappa shape index (κ3) is 3.40. The highest BCUT2D eigenvalue weighted by Crippen LogP contribution is 2.43. The van der Waals surface area contributed by atoms with Crippen molar-refractivity contribution >= 4 is 23.1 Å². The lowest BCUT2D eigenvalue weighted by molar-refractivity contribution is -0.132. The van der Waals surface area contributed by atoms with Crippen LogP contribution in [0.4, 0.5) is 5.69 Å². The van der Waals surface area contributed by atoms with Crippen LogP contribution in [0.5, 0.6) is 5.75 Å². The number of ether oxygens (including phenoxy) is 1. The average molecular weight is 417 g/mol. The number of aliphatic hydroxyl groups excluding tert-OH is 1. The van der Waals surface area contributed by atoms with Gasteiger partial charge in [0.05, 0.1) is 24.5 Å². The minimum Gasteiger partial charge on any atom is -0.507 e. The van der Waals surface area contributed by atoms with E-state index in [-0.39, 0.29) is 11.3 Å². The molecule has 1 unspecified atom stereocenters. The highest BCUT2D eigenvalue weighted by molar-refractivity contribution is 6.51. The van der Waals surface area contributed by atoms with Gasteiger partial charge in [0, 0.05) is 5.69 Å². The fraction of sp³-hybridized carbons (Fsp3) is 0.200. The SMILES string of the molecule is COc1ccc(C)cc1/C(O)=C1/C(=O)C(=O)N(c2ccc(C)c(C)c2)C1c1ccco1. The first-order valence-electron chi connectivity index (χ1n) is 9.90. The summed E-state index contributed by atoms with van der Waals surface area (Å²) in [5.74, 6) is -1.02. The van der Waals surface area contributed by atoms with Crippen molar-refractivity contribution in [1.29, 1.82) is 0 Å². The molecule has 0 saturated carbocycles. The molecule has 0 aliphatic carbocycles. The molecule has 0 bridgehead atoms. The van der Waals surface area contributed by atoms with Crippen LogP contribution >= 0.6 is 0 Å². The quantitative estimate of drug-likeness (QED) is 0.373. The molecule has 0 spiro atoms. The number of carbonyl (C=O) groups excluding carboxylic acids is 2. The van der Waals surface area contributed by atoms with Crippen molar-refractivity contribution in [2.45, 2.75) is 26.8 Å². The summed E-state index contributed by atoms with van der Waals surface area (Å²) in [7, 11) is 1.49. The Hall–Kier alpha value is -3.80. The Labute approximate surface area is 180 Å². The number of benzene rings is 2. The van der Waals surface area contributed by atoms with E-state index in [1.807, 2.05) is 39.0 Å². The van der Waals surface area contributed by atoms with Crippen LogP contribution in [0.2, 0.25) is 0 Å². The molecular formula is C25H23NO5. The Morgan fingerprint density at radius 2 is 1.81 bits per heavy atom. The summed E-state index contributed by atoms with van der Waals surface area (Å²) in [4.78, 5) is 27.7. The smallest absolute Gasteiger partial charge is 0.300 e. The minimum absolute atomic E-state index is 0.0397. The highest BCUT2D eigenvalue weighted by atomic mass is 16.5. The van der Waals surface area contributed by atoms with E-state index in [1.165, 1.54) is 18.3 Å². The van der Waals surface area contributed by atoms with Crippen LogP contribution in [0.1, 0.15) is 34.1 Å². The monoisotopic (exact) mass is 417 g/mol. The number of ketones is 1. The van der Waals surface area contributed by atoms with Crippen LogP contribution in [0.25, 0.3) is 5.76 Å². The molecule has 3 aromatic rings. The molecule has 1 aliphatic heterocycles. The van der Waals surface area contributed by atoms with E-state index in [9.17, 15) is 14.7 Å². The Kier molecular flexibility index (Phi) is 5.15. The van der Waals surface area contributed by atoms with Crippen molar-refractivity contribution in [3.05, 3.63) is 88.4 Å². The first-order chi connectivity index (χ1) is 14.8. The lowest BCUT2D eigenvalue weighted by atomic mass is 9.97. The fourth-order valence-electron chi connectivity index (χ4n) is 3.84. The highest BCUT2D eigenvalue weighted by Gasteiger charge is 2.48. The summed E-state index contributed by atoms with van der Waals surface area (Å²) >= 11 is 0. The van der Waals surface area contributed by atoms with Gasteiger partial charge in [-0.15, -0.1) is 0 Å². The van der Waals surface area contributed by atoms with Crippen molar-refractivity contribution in [2.24, 2.45) is 0 Å². The van der Waals surface area contributed by atoms with Crippen LogP contribution in [0, 0.1) is 20.8 Å². The summed E-state index contributed by atoms with van der Waals surface area (Å²) in [6, 6.07) is 13.3. The van der Waals surface area contributed by atoms with Gasteiger partial charge >= 0.3 is 0 Å². The van der Waals surface area contributed by atoms with Gasteiger partial charge < -0.3 is 14.3 Å². The standard InChI is InChI=1S/C25H23NO5/c1-14-7-10-19(30-4)18(12-14)23(27)21-22(20-6-5-11-31-20)26(25(29)24(21)28)17-9-8-15(2)16(3)13-17/h5-13,22,27H,1-4H3/b23-21-. The maximum Gasteiger partial charge on any atom is 0.300 e. The molecule has 158 valence electrons. The molecule has 6 nitrogen and oxygen atoms in total. The Bertz CT molecular complexity index is 1210. The van der Waals surface area contributed by atoms with Crippen molar-refractivity contribution in [1.82, 2.24) is 0 Å². The second-order valence-corrected chi connectivity index (χ2v) is 7.66. The van der Waals surface area contributed by atoms with E-state index in [2.05, 4.69) is 0 Å². The zero-order valence-electron chi connectivity index (χ0n) is 17.8. The number of methoxy groups -OCH3 is 1. The van der Waals surface area contributed by atoms with Gasteiger partial charge in [-0.1, -0.05) is 17.7 Å². The summed E-state index contributed by atoms with van der Waals surface area (Å²) in [5, 5.41) is 11.2. The lowest BCUT2D eigenvalue weighted by Crippen LogP contribution is -2.29. The summed E-state index contributed by atoms with van der Waals surface area (Å²) < 4.78 is 11.0. The number of amides is 1. The normalized spacial score (nSPS) is 17.9. The van der Waals surface area contributed by atoms with Gasteiger partial charge in [-0.2, -0.15) is 0 Å². The first kappa shape index (κ1) is 20.5. The first-order valence-corrected chi connectivity index (χ1v) is 9.90. The number of carbonyl (C=O) groups is 2. The van der Waals surface area contributed by atoms with Gasteiger partial charge in [-0.3, -0.25) is 14.5 Å². The van der Waals surface area contributed by atoms with Gasteiger partial charge in [-0.25, -0.2) is 0 Å². The van der Waals surface area contributed by atoms with Gasteiger partial charge in [0.2, 0.25) is 0 Å². The van der Waals surface area contributed by atoms with Crippen molar-refractivity contribution < 1.29 is 23.8 Å². The van der Waals surface area contributed by atoms with E-state index in [1.54, 1.807) is 30.3 Å². The number of rotatable bonds is 4. The van der Waals surface area contributed by atoms with Crippen molar-refractivity contribution in [2.75, 3.05) is 12.0 Å². The zero-order chi connectivity index (χ0) is 22.3. The van der Waals surface area contributed by atoms with E-state index < -0.39 is 17.7 Å². The Morgan fingerprint density at radius 3 is 2.45 bits per heavy atom. The number of anilines is 1. The van der Waals surface area contributed by atoms with Crippen LogP contribution < -0.4 is 9.64 Å². The van der Waals surface area contributed by atoms with Crippen LogP contribution in [0.15, 0.2) is 64.8 Å². The van der Waals surface area contributed by atoms with E-state index >= 15 is 0 Å². The average Bonchev–Trinajstić information content (AvgIpc) is 3.37. The molecular weight excluding hydrogens is 394 g/mol. The zero-order valence-corrected chi connectivity index (χ0v) is 17.8. The molecule has 2 aromatic carbocycles. The molecule has 1 amide bonds. The predicted molar refractivity (Wildman–Crippen MR) is 117 cm³/mol. The third-order valence-corrected chi connectivity index (χ3v) is 5.64. The molecule has 1 N–H and O–H groups in total. The molecule has 1 aromatic heterocycles. The molecule has 4 rings (SSSR count). The second-order valence-electron chi connectivity index (χ2n) is 7.66. The summed E-state index contributed by atoms with van der Waals surface area (Å²) in [6.45, 7) is 5.78. The number of hydrogen-bond acceptors (Lipinski definition) is 5. The largest absolute Gasteiger partial charge is 0.507 e. The van der Waals surface area contributed by atoms with E-state index in [4.69, 9.17) is 9.15 Å². The Balaban J connectivity index is 1.97. The number of nitrogens with zero attached hydrogens (tertiary/aromatic N) is 1. The van der Waals surface area contributed by atoms with Gasteiger partial charge in [0.25, 0.3) is 11.7 Å². The summed E-state index contributed by atoms with van der Waals surface area (Å²) in [6.07, 6.45) is 1.48. The predicted octanol–water partition coefficient (Wildman–Crippen LogP) is 4.84. The van der Waals surface area contributed by atoms with Gasteiger partial charge in [-0.05, 0) is 68.3 Å². The van der Waals surface area contributed by atoms with Crippen LogP contribution in [0.3, 0.4) is 0 Å². The minimum atomic E-state index is -0.901. The molecule has 1 fully saturated rings. The molecule has 0 radical (unpaired) electrons. The Morgan fingerprint density at radius 1 is 1.03 bits per heavy atom. The maximum atomic E-state index is 13.2. The number of Topliss-reactive ketones (excluding diaryl/α,β-unsaturated/α-hetero) is 1. The molecule has 6 heteroatoms. The maximum absolute atomic E-state index is 13.2. The number of hydrogen-bond donors (Lipinski definition) is 1. The van der Waals surface area contributed by atoms with Crippen molar-refractivity contribution in [3.8, 4) is 5.75 Å². The van der Waals surface area contributed by atoms with Crippen LogP contribution in [-0.2, 0) is 9.59 Å². The van der Waals surface area contributed by atoms with E-state index in [0.717, 1.165) is 16.7 Å². The van der Waals surface area contributed by atoms with Gasteiger partial charge in [0.15, 0.2) is 0 Å². The third-order valence-electron chi connectivity index (χ3n) is 5.64. The van der Waals surface area contributed by atoms with Crippen molar-refractivity contribution in [3.63, 3.8) is 0 Å². The number of aliphatic hydroxyl groups is 1. The van der Waals surface area contributed by atoms with Gasteiger partial charge in [0.1, 0.15) is 23.3 Å². The molecule has 1 atom stereocenters. The lowest BCUT2D eigenvalue weighted by Gasteiger charge is -2.24. The summed E-state index contributed by atoms with van der Waals surface area (Å²) in [5.41, 5.74) is 3.79. The topological polar surface area (TPSA) is 80.0 Å². The number of furan rings is 1. The fourth-order valence-corrected chi connectivity index (χ4v) is 3.84. The number of aryl methyl sites for hydroxylation is 3. The molecule has 1 aliphatic rings.